The summed E-state index contributed by atoms with van der Waals surface area (Å²) in [4.78, 5) is 12.8. The number of benzene rings is 2. The molecule has 5 nitrogen and oxygen atoms in total. The minimum absolute atomic E-state index is 0.0463. The van der Waals surface area contributed by atoms with Crippen molar-refractivity contribution in [1.82, 2.24) is 5.32 Å². The van der Waals surface area contributed by atoms with Crippen LogP contribution in [-0.4, -0.2) is 26.9 Å². The molecule has 0 aliphatic carbocycles. The molecule has 0 spiro atoms. The Hall–Kier alpha value is -2.34. The zero-order valence-corrected chi connectivity index (χ0v) is 18.3. The van der Waals surface area contributed by atoms with Crippen LogP contribution in [-0.2, 0) is 14.8 Å². The molecule has 0 unspecified atom stereocenters. The highest BCUT2D eigenvalue weighted by atomic mass is 32.2. The molecule has 0 aliphatic heterocycles. The first kappa shape index (κ1) is 22.0. The SMILES string of the molecule is Cc1ccc(S(=O)(=O)N(CC(=O)N[C@@H](C)C(C)C)c2cc(C)ccc2C)cc1. The number of carbonyl (C=O) groups is 1. The predicted octanol–water partition coefficient (Wildman–Crippen LogP) is 3.97. The number of sulfonamides is 1. The van der Waals surface area contributed by atoms with Crippen molar-refractivity contribution in [2.45, 2.75) is 52.5 Å². The average molecular weight is 403 g/mol. The fraction of sp³-hybridized carbons (Fsp3) is 0.409. The van der Waals surface area contributed by atoms with Crippen molar-refractivity contribution in [3.8, 4) is 0 Å². The third-order valence-electron chi connectivity index (χ3n) is 4.92. The van der Waals surface area contributed by atoms with E-state index in [-0.39, 0.29) is 29.3 Å². The van der Waals surface area contributed by atoms with E-state index in [2.05, 4.69) is 5.32 Å². The summed E-state index contributed by atoms with van der Waals surface area (Å²) in [5, 5.41) is 2.90. The molecule has 0 heterocycles. The van der Waals surface area contributed by atoms with Crippen molar-refractivity contribution < 1.29 is 13.2 Å². The lowest BCUT2D eigenvalue weighted by molar-refractivity contribution is -0.120. The van der Waals surface area contributed by atoms with Gasteiger partial charge in [-0.3, -0.25) is 9.10 Å². The minimum atomic E-state index is -3.89. The van der Waals surface area contributed by atoms with E-state index in [4.69, 9.17) is 0 Å². The van der Waals surface area contributed by atoms with E-state index >= 15 is 0 Å². The van der Waals surface area contributed by atoms with Crippen LogP contribution >= 0.6 is 0 Å². The molecule has 2 aromatic carbocycles. The van der Waals surface area contributed by atoms with Gasteiger partial charge in [0, 0.05) is 6.04 Å². The van der Waals surface area contributed by atoms with Crippen LogP contribution in [0.25, 0.3) is 0 Å². The van der Waals surface area contributed by atoms with Crippen LogP contribution in [0, 0.1) is 26.7 Å². The van der Waals surface area contributed by atoms with E-state index in [1.54, 1.807) is 30.3 Å². The van der Waals surface area contributed by atoms with Crippen molar-refractivity contribution >= 4 is 21.6 Å². The topological polar surface area (TPSA) is 66.5 Å². The van der Waals surface area contributed by atoms with E-state index in [1.807, 2.05) is 53.7 Å². The van der Waals surface area contributed by atoms with Gasteiger partial charge in [-0.25, -0.2) is 8.42 Å². The zero-order chi connectivity index (χ0) is 21.1. The van der Waals surface area contributed by atoms with Gasteiger partial charge in [0.25, 0.3) is 10.0 Å². The summed E-state index contributed by atoms with van der Waals surface area (Å²) in [7, 11) is -3.89. The number of amides is 1. The maximum absolute atomic E-state index is 13.4. The Balaban J connectivity index is 2.48. The van der Waals surface area contributed by atoms with Crippen LogP contribution in [0.5, 0.6) is 0 Å². The molecule has 1 amide bonds. The molecule has 6 heteroatoms. The summed E-state index contributed by atoms with van der Waals surface area (Å²) in [5.74, 6) is -0.0652. The second kappa shape index (κ2) is 8.78. The molecule has 0 saturated heterocycles. The van der Waals surface area contributed by atoms with Crippen LogP contribution in [0.4, 0.5) is 5.69 Å². The highest BCUT2D eigenvalue weighted by molar-refractivity contribution is 7.92. The van der Waals surface area contributed by atoms with Gasteiger partial charge in [-0.15, -0.1) is 0 Å². The molecular weight excluding hydrogens is 372 g/mol. The maximum Gasteiger partial charge on any atom is 0.264 e. The van der Waals surface area contributed by atoms with Crippen LogP contribution in [0.3, 0.4) is 0 Å². The van der Waals surface area contributed by atoms with E-state index in [1.165, 1.54) is 4.31 Å². The van der Waals surface area contributed by atoms with E-state index in [9.17, 15) is 13.2 Å². The largest absolute Gasteiger partial charge is 0.352 e. The monoisotopic (exact) mass is 402 g/mol. The molecule has 0 aliphatic rings. The fourth-order valence-corrected chi connectivity index (χ4v) is 4.20. The molecule has 2 rings (SSSR count). The molecule has 1 atom stereocenters. The predicted molar refractivity (Wildman–Crippen MR) is 114 cm³/mol. The summed E-state index contributed by atoms with van der Waals surface area (Å²) in [5.41, 5.74) is 3.22. The summed E-state index contributed by atoms with van der Waals surface area (Å²) < 4.78 is 28.0. The van der Waals surface area contributed by atoms with Crippen LogP contribution in [0.15, 0.2) is 47.4 Å². The highest BCUT2D eigenvalue weighted by Gasteiger charge is 2.29. The Morgan fingerprint density at radius 3 is 2.11 bits per heavy atom. The number of hydrogen-bond donors (Lipinski definition) is 1. The van der Waals surface area contributed by atoms with Crippen LogP contribution < -0.4 is 9.62 Å². The van der Waals surface area contributed by atoms with Gasteiger partial charge in [-0.1, -0.05) is 43.7 Å². The Kier molecular flexibility index (Phi) is 6.88. The number of hydrogen-bond acceptors (Lipinski definition) is 3. The number of nitrogens with zero attached hydrogens (tertiary/aromatic N) is 1. The summed E-state index contributed by atoms with van der Waals surface area (Å²) in [6.07, 6.45) is 0. The fourth-order valence-electron chi connectivity index (χ4n) is 2.72. The summed E-state index contributed by atoms with van der Waals surface area (Å²) in [6.45, 7) is 11.3. The van der Waals surface area contributed by atoms with Crippen molar-refractivity contribution in [2.75, 3.05) is 10.8 Å². The molecular formula is C22H30N2O3S. The van der Waals surface area contributed by atoms with Gasteiger partial charge in [-0.2, -0.15) is 0 Å². The molecule has 28 heavy (non-hydrogen) atoms. The van der Waals surface area contributed by atoms with Gasteiger partial charge < -0.3 is 5.32 Å². The molecule has 0 radical (unpaired) electrons. The van der Waals surface area contributed by atoms with Crippen molar-refractivity contribution in [3.05, 3.63) is 59.2 Å². The third kappa shape index (κ3) is 5.13. The third-order valence-corrected chi connectivity index (χ3v) is 6.69. The summed E-state index contributed by atoms with van der Waals surface area (Å²) in [6, 6.07) is 12.2. The molecule has 1 N–H and O–H groups in total. The quantitative estimate of drug-likeness (QED) is 0.762. The molecule has 152 valence electrons. The average Bonchev–Trinajstić information content (AvgIpc) is 2.62. The minimum Gasteiger partial charge on any atom is -0.352 e. The molecule has 0 aromatic heterocycles. The van der Waals surface area contributed by atoms with Crippen molar-refractivity contribution in [3.63, 3.8) is 0 Å². The standard InChI is InChI=1S/C22H30N2O3S/c1-15(2)19(6)23-22(25)14-24(21-13-17(4)7-10-18(21)5)28(26,27)20-11-8-16(3)9-12-20/h7-13,15,19H,14H2,1-6H3,(H,23,25)/t19-/m0/s1. The Bertz CT molecular complexity index is 935. The maximum atomic E-state index is 13.4. The first-order valence-corrected chi connectivity index (χ1v) is 10.9. The molecule has 2 aromatic rings. The summed E-state index contributed by atoms with van der Waals surface area (Å²) >= 11 is 0. The lowest BCUT2D eigenvalue weighted by Gasteiger charge is -2.27. The van der Waals surface area contributed by atoms with E-state index < -0.39 is 10.0 Å². The van der Waals surface area contributed by atoms with Gasteiger partial charge in [0.2, 0.25) is 5.91 Å². The van der Waals surface area contributed by atoms with Crippen molar-refractivity contribution in [2.24, 2.45) is 5.92 Å². The van der Waals surface area contributed by atoms with Gasteiger partial charge in [0.1, 0.15) is 6.54 Å². The van der Waals surface area contributed by atoms with E-state index in [0.29, 0.717) is 5.69 Å². The van der Waals surface area contributed by atoms with Crippen LogP contribution in [0.1, 0.15) is 37.5 Å². The number of carbonyl (C=O) groups excluding carboxylic acids is 1. The Morgan fingerprint density at radius 1 is 0.964 bits per heavy atom. The molecule has 0 bridgehead atoms. The van der Waals surface area contributed by atoms with Gasteiger partial charge in [-0.05, 0) is 62.9 Å². The Morgan fingerprint density at radius 2 is 1.54 bits per heavy atom. The Labute approximate surface area is 168 Å². The number of rotatable bonds is 7. The normalized spacial score (nSPS) is 12.7. The second-order valence-corrected chi connectivity index (χ2v) is 9.58. The molecule has 0 saturated carbocycles. The lowest BCUT2D eigenvalue weighted by Crippen LogP contribution is -2.45. The van der Waals surface area contributed by atoms with Gasteiger partial charge in [0.05, 0.1) is 10.6 Å². The zero-order valence-electron chi connectivity index (χ0n) is 17.5. The molecule has 0 fully saturated rings. The van der Waals surface area contributed by atoms with E-state index in [0.717, 1.165) is 16.7 Å². The second-order valence-electron chi connectivity index (χ2n) is 7.71. The van der Waals surface area contributed by atoms with Crippen molar-refractivity contribution in [1.29, 1.82) is 0 Å². The lowest BCUT2D eigenvalue weighted by atomic mass is 10.1. The highest BCUT2D eigenvalue weighted by Crippen LogP contribution is 2.28. The first-order valence-electron chi connectivity index (χ1n) is 9.48. The first-order chi connectivity index (χ1) is 13.0. The number of aryl methyl sites for hydroxylation is 3. The smallest absolute Gasteiger partial charge is 0.264 e. The number of nitrogens with one attached hydrogen (secondary N) is 1. The van der Waals surface area contributed by atoms with Gasteiger partial charge >= 0.3 is 0 Å². The van der Waals surface area contributed by atoms with Gasteiger partial charge in [0.15, 0.2) is 0 Å². The van der Waals surface area contributed by atoms with Crippen LogP contribution in [0.2, 0.25) is 0 Å². The number of anilines is 1.